The van der Waals surface area contributed by atoms with Crippen molar-refractivity contribution < 1.29 is 8.42 Å². The van der Waals surface area contributed by atoms with Gasteiger partial charge in [-0.25, -0.2) is 8.42 Å². The van der Waals surface area contributed by atoms with Crippen molar-refractivity contribution in [3.63, 3.8) is 0 Å². The Bertz CT molecular complexity index is 516. The Morgan fingerprint density at radius 3 is 2.53 bits per heavy atom. The lowest BCUT2D eigenvalue weighted by Gasteiger charge is -2.13. The normalized spacial score (nSPS) is 17.2. The minimum atomic E-state index is -3.29. The average molecular weight is 285 g/mol. The fraction of sp³-hybridized carbons (Fsp3) is 0.692. The van der Waals surface area contributed by atoms with Gasteiger partial charge >= 0.3 is 0 Å². The average Bonchev–Trinajstić information content (AvgIpc) is 3.05. The maximum absolute atomic E-state index is 12.5. The van der Waals surface area contributed by atoms with Crippen LogP contribution in [0.3, 0.4) is 0 Å². The minimum absolute atomic E-state index is 0.434. The van der Waals surface area contributed by atoms with Crippen LogP contribution in [-0.4, -0.2) is 36.9 Å². The van der Waals surface area contributed by atoms with Gasteiger partial charge in [0.05, 0.1) is 0 Å². The van der Waals surface area contributed by atoms with Crippen LogP contribution in [0.15, 0.2) is 17.2 Å². The Kier molecular flexibility index (Phi) is 4.65. The molecule has 1 N–H and O–H groups in total. The summed E-state index contributed by atoms with van der Waals surface area (Å²) < 4.78 is 28.6. The molecule has 1 saturated heterocycles. The van der Waals surface area contributed by atoms with E-state index in [1.165, 1.54) is 0 Å². The van der Waals surface area contributed by atoms with Crippen LogP contribution >= 0.6 is 0 Å². The molecule has 0 saturated carbocycles. The van der Waals surface area contributed by atoms with E-state index < -0.39 is 10.0 Å². The molecule has 19 heavy (non-hydrogen) atoms. The van der Waals surface area contributed by atoms with Gasteiger partial charge in [0, 0.05) is 38.1 Å². The predicted molar refractivity (Wildman–Crippen MR) is 75.5 cm³/mol. The summed E-state index contributed by atoms with van der Waals surface area (Å²) in [5, 5.41) is 3.24. The van der Waals surface area contributed by atoms with Gasteiger partial charge in [0.1, 0.15) is 4.90 Å². The molecule has 0 bridgehead atoms. The third kappa shape index (κ3) is 3.01. The lowest BCUT2D eigenvalue weighted by Crippen LogP contribution is -2.27. The Hall–Kier alpha value is -0.850. The highest BCUT2D eigenvalue weighted by Crippen LogP contribution is 2.22. The number of rotatable bonds is 6. The van der Waals surface area contributed by atoms with E-state index in [9.17, 15) is 8.42 Å². The molecule has 0 amide bonds. The Morgan fingerprint density at radius 2 is 1.95 bits per heavy atom. The number of aromatic nitrogens is 1. The molecular weight excluding hydrogens is 262 g/mol. The van der Waals surface area contributed by atoms with E-state index in [2.05, 4.69) is 5.32 Å². The van der Waals surface area contributed by atoms with Gasteiger partial charge in [-0.1, -0.05) is 6.92 Å². The van der Waals surface area contributed by atoms with Gasteiger partial charge in [0.25, 0.3) is 0 Å². The second-order valence-electron chi connectivity index (χ2n) is 4.84. The third-order valence-corrected chi connectivity index (χ3v) is 5.42. The summed E-state index contributed by atoms with van der Waals surface area (Å²) >= 11 is 0. The van der Waals surface area contributed by atoms with Gasteiger partial charge in [0.2, 0.25) is 10.0 Å². The summed E-state index contributed by atoms with van der Waals surface area (Å²) in [4.78, 5) is 0.434. The Morgan fingerprint density at radius 1 is 1.26 bits per heavy atom. The van der Waals surface area contributed by atoms with Gasteiger partial charge in [-0.2, -0.15) is 4.31 Å². The molecule has 5 nitrogen and oxygen atoms in total. The maximum Gasteiger partial charge on any atom is 0.244 e. The number of aryl methyl sites for hydroxylation is 1. The minimum Gasteiger partial charge on any atom is -0.349 e. The molecule has 2 heterocycles. The first-order chi connectivity index (χ1) is 9.09. The molecule has 1 aliphatic rings. The molecule has 1 fully saturated rings. The van der Waals surface area contributed by atoms with Crippen LogP contribution in [0.25, 0.3) is 0 Å². The fourth-order valence-corrected chi connectivity index (χ4v) is 4.02. The van der Waals surface area contributed by atoms with E-state index in [4.69, 9.17) is 0 Å². The molecule has 6 heteroatoms. The van der Waals surface area contributed by atoms with Gasteiger partial charge in [-0.3, -0.25) is 0 Å². The molecular formula is C13H23N3O2S. The zero-order chi connectivity index (χ0) is 13.9. The number of hydrogen-bond acceptors (Lipinski definition) is 3. The number of nitrogens with one attached hydrogen (secondary N) is 1. The highest BCUT2D eigenvalue weighted by molar-refractivity contribution is 7.89. The molecule has 108 valence electrons. The quantitative estimate of drug-likeness (QED) is 0.859. The molecule has 0 aliphatic carbocycles. The van der Waals surface area contributed by atoms with Gasteiger partial charge in [-0.05, 0) is 32.4 Å². The standard InChI is InChI=1S/C13H23N3O2S/c1-3-14-10-12-9-13(11-15(12)4-2)19(17,18)16-7-5-6-8-16/h9,11,14H,3-8,10H2,1-2H3. The van der Waals surface area contributed by atoms with Crippen molar-refractivity contribution in [3.05, 3.63) is 18.0 Å². The monoisotopic (exact) mass is 285 g/mol. The van der Waals surface area contributed by atoms with Gasteiger partial charge in [-0.15, -0.1) is 0 Å². The second-order valence-corrected chi connectivity index (χ2v) is 6.78. The first-order valence-corrected chi connectivity index (χ1v) is 8.43. The van der Waals surface area contributed by atoms with E-state index >= 15 is 0 Å². The van der Waals surface area contributed by atoms with Crippen molar-refractivity contribution in [2.24, 2.45) is 0 Å². The molecule has 1 aromatic rings. The summed E-state index contributed by atoms with van der Waals surface area (Å²) in [6.07, 6.45) is 3.70. The fourth-order valence-electron chi connectivity index (χ4n) is 2.44. The van der Waals surface area contributed by atoms with Crippen LogP contribution in [0, 0.1) is 0 Å². The molecule has 0 unspecified atom stereocenters. The van der Waals surface area contributed by atoms with Crippen LogP contribution in [0.2, 0.25) is 0 Å². The summed E-state index contributed by atoms with van der Waals surface area (Å²) in [6.45, 7) is 7.76. The summed E-state index contributed by atoms with van der Waals surface area (Å²) in [7, 11) is -3.29. The summed E-state index contributed by atoms with van der Waals surface area (Å²) in [6, 6.07) is 1.81. The van der Waals surface area contributed by atoms with Crippen molar-refractivity contribution in [3.8, 4) is 0 Å². The van der Waals surface area contributed by atoms with E-state index in [0.717, 1.165) is 31.6 Å². The van der Waals surface area contributed by atoms with Crippen molar-refractivity contribution >= 4 is 10.0 Å². The molecule has 2 rings (SSSR count). The Labute approximate surface area is 115 Å². The molecule has 0 atom stereocenters. The van der Waals surface area contributed by atoms with E-state index in [1.807, 2.05) is 18.4 Å². The molecule has 0 spiro atoms. The first-order valence-electron chi connectivity index (χ1n) is 6.99. The van der Waals surface area contributed by atoms with Crippen LogP contribution in [0.4, 0.5) is 0 Å². The smallest absolute Gasteiger partial charge is 0.244 e. The highest BCUT2D eigenvalue weighted by Gasteiger charge is 2.28. The van der Waals surface area contributed by atoms with Gasteiger partial charge in [0.15, 0.2) is 0 Å². The lowest BCUT2D eigenvalue weighted by molar-refractivity contribution is 0.477. The molecule has 1 aliphatic heterocycles. The lowest BCUT2D eigenvalue weighted by atomic mass is 10.4. The van der Waals surface area contributed by atoms with Crippen molar-refractivity contribution in [1.29, 1.82) is 0 Å². The second kappa shape index (κ2) is 6.07. The first kappa shape index (κ1) is 14.6. The van der Waals surface area contributed by atoms with E-state index in [1.54, 1.807) is 16.6 Å². The summed E-state index contributed by atoms with van der Waals surface area (Å²) in [5.41, 5.74) is 1.03. The predicted octanol–water partition coefficient (Wildman–Crippen LogP) is 1.40. The van der Waals surface area contributed by atoms with Crippen LogP contribution in [0.5, 0.6) is 0 Å². The van der Waals surface area contributed by atoms with E-state index in [0.29, 0.717) is 24.5 Å². The topological polar surface area (TPSA) is 54.3 Å². The van der Waals surface area contributed by atoms with Crippen LogP contribution < -0.4 is 5.32 Å². The highest BCUT2D eigenvalue weighted by atomic mass is 32.2. The maximum atomic E-state index is 12.5. The zero-order valence-electron chi connectivity index (χ0n) is 11.7. The SMILES string of the molecule is CCNCc1cc(S(=O)(=O)N2CCCC2)cn1CC. The number of hydrogen-bond donors (Lipinski definition) is 1. The third-order valence-electron chi connectivity index (χ3n) is 3.56. The molecule has 1 aromatic heterocycles. The number of nitrogens with zero attached hydrogens (tertiary/aromatic N) is 2. The zero-order valence-corrected chi connectivity index (χ0v) is 12.5. The van der Waals surface area contributed by atoms with Crippen molar-refractivity contribution in [1.82, 2.24) is 14.2 Å². The van der Waals surface area contributed by atoms with Crippen molar-refractivity contribution in [2.75, 3.05) is 19.6 Å². The van der Waals surface area contributed by atoms with Crippen molar-refractivity contribution in [2.45, 2.75) is 44.7 Å². The molecule has 0 radical (unpaired) electrons. The van der Waals surface area contributed by atoms with Crippen LogP contribution in [-0.2, 0) is 23.1 Å². The number of sulfonamides is 1. The van der Waals surface area contributed by atoms with Crippen LogP contribution in [0.1, 0.15) is 32.4 Å². The summed E-state index contributed by atoms with van der Waals surface area (Å²) in [5.74, 6) is 0. The largest absolute Gasteiger partial charge is 0.349 e. The molecule has 0 aromatic carbocycles. The van der Waals surface area contributed by atoms with Gasteiger partial charge < -0.3 is 9.88 Å². The van der Waals surface area contributed by atoms with E-state index in [-0.39, 0.29) is 0 Å². The Balaban J connectivity index is 2.26.